The van der Waals surface area contributed by atoms with Gasteiger partial charge in [-0.15, -0.1) is 0 Å². The molecule has 0 atom stereocenters. The smallest absolute Gasteiger partial charge is 0.358 e. The molecule has 9 heteroatoms. The molecule has 0 saturated heterocycles. The van der Waals surface area contributed by atoms with Gasteiger partial charge in [-0.05, 0) is 84.1 Å². The van der Waals surface area contributed by atoms with Gasteiger partial charge in [-0.1, -0.05) is 80.1 Å². The molecule has 0 radical (unpaired) electrons. The molecule has 2 aliphatic heterocycles. The van der Waals surface area contributed by atoms with E-state index in [1.807, 2.05) is 12.1 Å². The van der Waals surface area contributed by atoms with Gasteiger partial charge in [-0.2, -0.15) is 0 Å². The maximum Gasteiger partial charge on any atom is 2.00 e. The van der Waals surface area contributed by atoms with Crippen molar-refractivity contribution in [3.8, 4) is 0 Å². The number of hydrogen-bond donors (Lipinski definition) is 0. The van der Waals surface area contributed by atoms with Crippen LogP contribution in [-0.4, -0.2) is 53.0 Å². The second-order valence-corrected chi connectivity index (χ2v) is 11.3. The molecule has 0 amide bonds. The molecule has 8 bridgehead atoms. The predicted octanol–water partition coefficient (Wildman–Crippen LogP) is 7.70. The van der Waals surface area contributed by atoms with Crippen LogP contribution in [0.5, 0.6) is 0 Å². The molecule has 222 valence electrons. The minimum absolute atomic E-state index is 0. The van der Waals surface area contributed by atoms with Gasteiger partial charge >= 0.3 is 23.1 Å². The van der Waals surface area contributed by atoms with Gasteiger partial charge in [-0.3, -0.25) is 0 Å². The zero-order valence-electron chi connectivity index (χ0n) is 26.9. The third kappa shape index (κ3) is 6.93. The molecule has 0 aliphatic carbocycles. The molecule has 5 heterocycles. The monoisotopic (exact) mass is 588 g/mol. The van der Waals surface area contributed by atoms with Gasteiger partial charge in [-0.25, -0.2) is 9.97 Å². The third-order valence-corrected chi connectivity index (χ3v) is 7.82. The summed E-state index contributed by atoms with van der Waals surface area (Å²) in [6.07, 6.45) is 11.4. The summed E-state index contributed by atoms with van der Waals surface area (Å²) in [7, 11) is 0. The van der Waals surface area contributed by atoms with Crippen LogP contribution in [0.25, 0.3) is 44.9 Å². The summed E-state index contributed by atoms with van der Waals surface area (Å²) >= 11 is 0. The van der Waals surface area contributed by atoms with Gasteiger partial charge in [0.05, 0.1) is 23.3 Å². The van der Waals surface area contributed by atoms with Crippen molar-refractivity contribution in [1.29, 1.82) is 0 Å². The van der Waals surface area contributed by atoms with E-state index in [0.717, 1.165) is 100.0 Å². The van der Waals surface area contributed by atoms with Crippen molar-refractivity contribution < 1.29 is 0 Å². The normalized spacial score (nSPS) is 13.2. The first-order chi connectivity index (χ1) is 20.5. The van der Waals surface area contributed by atoms with Crippen LogP contribution in [0.15, 0.2) is 12.1 Å². The fourth-order valence-electron chi connectivity index (χ4n) is 6.03. The Balaban J connectivity index is 0.00000423. The Morgan fingerprint density at radius 3 is 1.07 bits per heavy atom. The van der Waals surface area contributed by atoms with E-state index in [1.54, 1.807) is 0 Å². The molecule has 0 spiro atoms. The first kappa shape index (κ1) is 33.0. The fourth-order valence-corrected chi connectivity index (χ4v) is 6.03. The van der Waals surface area contributed by atoms with Crippen molar-refractivity contribution >= 4 is 67.9 Å². The number of nitrogens with zero attached hydrogens (tertiary/aromatic N) is 8. The second-order valence-electron chi connectivity index (χ2n) is 11.3. The van der Waals surface area contributed by atoms with Gasteiger partial charge in [0.1, 0.15) is 0 Å². The van der Waals surface area contributed by atoms with Crippen molar-refractivity contribution in [2.75, 3.05) is 0 Å². The van der Waals surface area contributed by atoms with Gasteiger partial charge in [0.25, 0.3) is 0 Å². The minimum Gasteiger partial charge on any atom is -0.358 e. The second kappa shape index (κ2) is 15.2. The standard InChI is InChI=1S/C34H44N8.Mg/c1-7-13-21-23(15-9-3)31-38-29(21)36-27-19-20-28(35-27)37-30-22(14-8-2)24(16-10-4)32(39-30)41-34-26(18-12-6)25(17-11-5)33(40-31)42-34;/h19-20H,7-18H2,1-6H3;/q-2;+2. The van der Waals surface area contributed by atoms with Crippen LogP contribution >= 0.6 is 0 Å². The minimum atomic E-state index is 0. The van der Waals surface area contributed by atoms with E-state index < -0.39 is 0 Å². The number of aromatic nitrogens is 8. The van der Waals surface area contributed by atoms with E-state index in [1.165, 1.54) is 33.4 Å². The van der Waals surface area contributed by atoms with Crippen LogP contribution in [-0.2, 0) is 12.8 Å². The number of allylic oxidation sites excluding steroid dienone is 4. The Morgan fingerprint density at radius 2 is 0.744 bits per heavy atom. The Hall–Kier alpha value is -2.91. The molecule has 0 aromatic carbocycles. The zero-order valence-corrected chi connectivity index (χ0v) is 28.3. The van der Waals surface area contributed by atoms with Crippen molar-refractivity contribution in [3.63, 3.8) is 0 Å². The fraction of sp³-hybridized carbons (Fsp3) is 0.529. The Bertz CT molecular complexity index is 1540. The average molecular weight is 589 g/mol. The molecule has 3 aromatic heterocycles. The molecular weight excluding hydrogens is 545 g/mol. The maximum absolute atomic E-state index is 5.20. The molecule has 0 saturated carbocycles. The number of aryl methyl sites for hydroxylation is 2. The number of hydrogen-bond acceptors (Lipinski definition) is 6. The molecule has 2 aliphatic rings. The van der Waals surface area contributed by atoms with E-state index in [2.05, 4.69) is 41.5 Å². The van der Waals surface area contributed by atoms with E-state index in [0.29, 0.717) is 22.9 Å². The third-order valence-electron chi connectivity index (χ3n) is 7.82. The molecule has 0 fully saturated rings. The van der Waals surface area contributed by atoms with Crippen LogP contribution < -0.4 is 9.97 Å². The summed E-state index contributed by atoms with van der Waals surface area (Å²) in [6.45, 7) is 13.2. The van der Waals surface area contributed by atoms with Crippen LogP contribution in [0, 0.1) is 0 Å². The van der Waals surface area contributed by atoms with Crippen molar-refractivity contribution in [2.45, 2.75) is 119 Å². The molecule has 0 N–H and O–H groups in total. The summed E-state index contributed by atoms with van der Waals surface area (Å²) in [5.41, 5.74) is 9.77. The van der Waals surface area contributed by atoms with Crippen LogP contribution in [0.4, 0.5) is 0 Å². The Kier molecular flexibility index (Phi) is 11.7. The summed E-state index contributed by atoms with van der Waals surface area (Å²) in [4.78, 5) is 40.2. The molecular formula is C34H44MgN8. The first-order valence-corrected chi connectivity index (χ1v) is 16.1. The Morgan fingerprint density at radius 1 is 0.419 bits per heavy atom. The summed E-state index contributed by atoms with van der Waals surface area (Å²) in [6, 6.07) is 3.83. The van der Waals surface area contributed by atoms with Gasteiger partial charge in [0, 0.05) is 22.6 Å². The van der Waals surface area contributed by atoms with E-state index >= 15 is 0 Å². The van der Waals surface area contributed by atoms with Crippen LogP contribution in [0.1, 0.15) is 140 Å². The largest absolute Gasteiger partial charge is 2.00 e. The maximum atomic E-state index is 5.20. The topological polar surface area (TPSA) is 106 Å². The number of rotatable bonds is 12. The first-order valence-electron chi connectivity index (χ1n) is 16.1. The summed E-state index contributed by atoms with van der Waals surface area (Å²) in [5.74, 6) is 2.89. The van der Waals surface area contributed by atoms with Crippen molar-refractivity contribution in [2.24, 2.45) is 0 Å². The summed E-state index contributed by atoms with van der Waals surface area (Å²) in [5, 5.41) is 0. The van der Waals surface area contributed by atoms with E-state index in [-0.39, 0.29) is 23.1 Å². The van der Waals surface area contributed by atoms with Crippen LogP contribution in [0.2, 0.25) is 0 Å². The molecule has 0 unspecified atom stereocenters. The van der Waals surface area contributed by atoms with Gasteiger partial charge in [0.15, 0.2) is 0 Å². The Labute approximate surface area is 272 Å². The van der Waals surface area contributed by atoms with Gasteiger partial charge < -0.3 is 29.9 Å². The van der Waals surface area contributed by atoms with Crippen molar-refractivity contribution in [1.82, 2.24) is 39.9 Å². The van der Waals surface area contributed by atoms with E-state index in [4.69, 9.17) is 39.9 Å². The van der Waals surface area contributed by atoms with Crippen LogP contribution in [0.3, 0.4) is 0 Å². The quantitative estimate of drug-likeness (QED) is 0.198. The SMILES string of the molecule is CCCC1=C(CCC)c2nc1nc1ccc(nc3nc(nc4[n-]c(n2)c(CCC)c4CCC)C(CCC)=C3CCC)[n-]1.[Mg+2]. The molecule has 5 rings (SSSR count). The molecule has 43 heavy (non-hydrogen) atoms. The van der Waals surface area contributed by atoms with Crippen molar-refractivity contribution in [3.05, 3.63) is 46.6 Å². The summed E-state index contributed by atoms with van der Waals surface area (Å²) < 4.78 is 0. The van der Waals surface area contributed by atoms with E-state index in [9.17, 15) is 0 Å². The molecule has 8 nitrogen and oxygen atoms in total. The number of fused-ring (bicyclic) bond motifs is 8. The van der Waals surface area contributed by atoms with Gasteiger partial charge in [0.2, 0.25) is 0 Å². The molecule has 3 aromatic rings. The average Bonchev–Trinajstić information content (AvgIpc) is 3.70. The zero-order chi connectivity index (χ0) is 29.6. The predicted molar refractivity (Wildman–Crippen MR) is 177 cm³/mol.